The summed E-state index contributed by atoms with van der Waals surface area (Å²) in [5, 5.41) is 9.95. The molecule has 1 amide bonds. The van der Waals surface area contributed by atoms with E-state index < -0.39 is 36.2 Å². The molecule has 0 radical (unpaired) electrons. The Morgan fingerprint density at radius 3 is 1.95 bits per heavy atom. The number of carbonyl (C=O) groups is 2. The second kappa shape index (κ2) is 7.48. The fourth-order valence-electron chi connectivity index (χ4n) is 1.43. The Bertz CT molecular complexity index is 354. The highest BCUT2D eigenvalue weighted by Crippen LogP contribution is 2.39. The zero-order valence-corrected chi connectivity index (χ0v) is 10.7. The van der Waals surface area contributed by atoms with Crippen LogP contribution in [0.3, 0.4) is 0 Å². The van der Waals surface area contributed by atoms with Crippen molar-refractivity contribution in [3.05, 3.63) is 0 Å². The van der Waals surface area contributed by atoms with Crippen molar-refractivity contribution >= 4 is 11.9 Å². The molecule has 0 rings (SSSR count). The van der Waals surface area contributed by atoms with Crippen molar-refractivity contribution in [1.82, 2.24) is 5.32 Å². The van der Waals surface area contributed by atoms with E-state index >= 15 is 0 Å². The van der Waals surface area contributed by atoms with Crippen molar-refractivity contribution in [2.45, 2.75) is 31.2 Å². The summed E-state index contributed by atoms with van der Waals surface area (Å²) in [6.07, 6.45) is -12.1. The minimum atomic E-state index is -5.86. The van der Waals surface area contributed by atoms with Gasteiger partial charge in [-0.15, -0.1) is 0 Å². The second-order valence-electron chi connectivity index (χ2n) is 4.05. The maximum Gasteiger partial charge on any atom is 0.409 e. The van der Waals surface area contributed by atoms with Crippen LogP contribution in [0.25, 0.3) is 0 Å². The molecule has 11 heteroatoms. The van der Waals surface area contributed by atoms with Gasteiger partial charge in [0, 0.05) is 13.7 Å². The summed E-state index contributed by atoms with van der Waals surface area (Å²) in [4.78, 5) is 21.9. The van der Waals surface area contributed by atoms with Crippen molar-refractivity contribution in [3.8, 4) is 0 Å². The molecular formula is C10H13F6NO4. The fraction of sp³-hybridized carbons (Fsp3) is 0.800. The van der Waals surface area contributed by atoms with Gasteiger partial charge in [-0.2, -0.15) is 26.3 Å². The second-order valence-corrected chi connectivity index (χ2v) is 4.05. The quantitative estimate of drug-likeness (QED) is 0.552. The van der Waals surface area contributed by atoms with Crippen molar-refractivity contribution in [3.63, 3.8) is 0 Å². The summed E-state index contributed by atoms with van der Waals surface area (Å²) < 4.78 is 78.2. The molecule has 124 valence electrons. The molecule has 0 fully saturated rings. The molecule has 0 aromatic heterocycles. The van der Waals surface area contributed by atoms with E-state index in [1.807, 2.05) is 0 Å². The van der Waals surface area contributed by atoms with Crippen LogP contribution in [0.4, 0.5) is 26.3 Å². The van der Waals surface area contributed by atoms with E-state index in [-0.39, 0.29) is 19.4 Å². The summed E-state index contributed by atoms with van der Waals surface area (Å²) in [6.45, 7) is 0.0433. The normalized spacial score (nSPS) is 14.1. The van der Waals surface area contributed by atoms with Gasteiger partial charge in [0.1, 0.15) is 6.04 Å². The summed E-state index contributed by atoms with van der Waals surface area (Å²) in [5.41, 5.74) is 0. The average molecular weight is 325 g/mol. The van der Waals surface area contributed by atoms with Crippen LogP contribution in [0.1, 0.15) is 12.8 Å². The molecule has 5 nitrogen and oxygen atoms in total. The van der Waals surface area contributed by atoms with Crippen LogP contribution in [0.5, 0.6) is 0 Å². The van der Waals surface area contributed by atoms with Gasteiger partial charge in [0.15, 0.2) is 0 Å². The topological polar surface area (TPSA) is 75.6 Å². The molecular weight excluding hydrogens is 312 g/mol. The number of aliphatic carboxylic acids is 1. The molecule has 2 N–H and O–H groups in total. The first-order chi connectivity index (χ1) is 9.41. The lowest BCUT2D eigenvalue weighted by Gasteiger charge is -2.24. The van der Waals surface area contributed by atoms with Crippen LogP contribution in [-0.2, 0) is 14.3 Å². The van der Waals surface area contributed by atoms with E-state index in [1.54, 1.807) is 0 Å². The Morgan fingerprint density at radius 1 is 1.14 bits per heavy atom. The van der Waals surface area contributed by atoms with Gasteiger partial charge < -0.3 is 15.2 Å². The third-order valence-corrected chi connectivity index (χ3v) is 2.37. The van der Waals surface area contributed by atoms with E-state index in [9.17, 15) is 35.9 Å². The van der Waals surface area contributed by atoms with Crippen LogP contribution < -0.4 is 5.32 Å². The number of carboxylic acids is 1. The number of rotatable bonds is 7. The van der Waals surface area contributed by atoms with Crippen LogP contribution in [0.2, 0.25) is 0 Å². The molecule has 1 unspecified atom stereocenters. The largest absolute Gasteiger partial charge is 0.480 e. The molecule has 21 heavy (non-hydrogen) atoms. The number of carbonyl (C=O) groups excluding carboxylic acids is 1. The van der Waals surface area contributed by atoms with E-state index in [2.05, 4.69) is 4.74 Å². The number of carboxylic acid groups (broad SMARTS) is 1. The van der Waals surface area contributed by atoms with Crippen molar-refractivity contribution in [2.24, 2.45) is 5.92 Å². The molecule has 0 heterocycles. The number of ether oxygens (including phenoxy) is 1. The van der Waals surface area contributed by atoms with Gasteiger partial charge in [-0.05, 0) is 12.8 Å². The predicted molar refractivity (Wildman–Crippen MR) is 56.3 cm³/mol. The van der Waals surface area contributed by atoms with Gasteiger partial charge in [0.05, 0.1) is 0 Å². The minimum absolute atomic E-state index is 0.0381. The maximum absolute atomic E-state index is 12.3. The van der Waals surface area contributed by atoms with Crippen LogP contribution >= 0.6 is 0 Å². The molecule has 0 saturated carbocycles. The Balaban J connectivity index is 4.97. The zero-order chi connectivity index (χ0) is 16.8. The Hall–Kier alpha value is -1.52. The lowest BCUT2D eigenvalue weighted by atomic mass is 10.1. The number of alkyl halides is 6. The standard InChI is InChI=1S/C10H13F6NO4/c1-21-4-2-3-5(8(19)20)17-7(18)6(9(11,12)13)10(14,15)16/h5-6H,2-4H2,1H3,(H,17,18)(H,19,20). The number of amides is 1. The van der Waals surface area contributed by atoms with Gasteiger partial charge >= 0.3 is 18.3 Å². The molecule has 0 spiro atoms. The van der Waals surface area contributed by atoms with E-state index in [1.165, 1.54) is 12.4 Å². The molecule has 0 aliphatic rings. The number of methoxy groups -OCH3 is 1. The molecule has 0 aromatic carbocycles. The van der Waals surface area contributed by atoms with Gasteiger partial charge in [-0.3, -0.25) is 4.79 Å². The fourth-order valence-corrected chi connectivity index (χ4v) is 1.43. The maximum atomic E-state index is 12.3. The van der Waals surface area contributed by atoms with Gasteiger partial charge in [-0.1, -0.05) is 0 Å². The number of hydrogen-bond donors (Lipinski definition) is 2. The van der Waals surface area contributed by atoms with Crippen molar-refractivity contribution < 1.29 is 45.8 Å². The van der Waals surface area contributed by atoms with E-state index in [0.717, 1.165) is 0 Å². The van der Waals surface area contributed by atoms with Crippen LogP contribution in [0, 0.1) is 5.92 Å². The summed E-state index contributed by atoms with van der Waals surface area (Å²) in [5.74, 6) is -8.45. The first kappa shape index (κ1) is 19.5. The molecule has 0 bridgehead atoms. The number of halogens is 6. The van der Waals surface area contributed by atoms with E-state index in [0.29, 0.717) is 0 Å². The molecule has 0 aromatic rings. The van der Waals surface area contributed by atoms with Gasteiger partial charge in [0.2, 0.25) is 11.8 Å². The summed E-state index contributed by atoms with van der Waals surface area (Å²) in [7, 11) is 1.28. The Labute approximate surface area is 115 Å². The first-order valence-electron chi connectivity index (χ1n) is 5.56. The third kappa shape index (κ3) is 6.65. The summed E-state index contributed by atoms with van der Waals surface area (Å²) in [6, 6.07) is -1.86. The van der Waals surface area contributed by atoms with Crippen LogP contribution in [0.15, 0.2) is 0 Å². The summed E-state index contributed by atoms with van der Waals surface area (Å²) >= 11 is 0. The van der Waals surface area contributed by atoms with Gasteiger partial charge in [0.25, 0.3) is 0 Å². The minimum Gasteiger partial charge on any atom is -0.480 e. The van der Waals surface area contributed by atoms with E-state index in [4.69, 9.17) is 5.11 Å². The smallest absolute Gasteiger partial charge is 0.409 e. The lowest BCUT2D eigenvalue weighted by molar-refractivity contribution is -0.274. The van der Waals surface area contributed by atoms with Crippen LogP contribution in [-0.4, -0.2) is 49.1 Å². The zero-order valence-electron chi connectivity index (χ0n) is 10.7. The molecule has 0 aliphatic heterocycles. The average Bonchev–Trinajstić information content (AvgIpc) is 2.23. The highest BCUT2D eigenvalue weighted by Gasteiger charge is 2.61. The van der Waals surface area contributed by atoms with Crippen molar-refractivity contribution in [1.29, 1.82) is 0 Å². The highest BCUT2D eigenvalue weighted by atomic mass is 19.4. The number of hydrogen-bond acceptors (Lipinski definition) is 3. The first-order valence-corrected chi connectivity index (χ1v) is 5.56. The monoisotopic (exact) mass is 325 g/mol. The molecule has 0 aliphatic carbocycles. The highest BCUT2D eigenvalue weighted by molar-refractivity contribution is 5.85. The van der Waals surface area contributed by atoms with Gasteiger partial charge in [-0.25, -0.2) is 4.79 Å². The molecule has 1 atom stereocenters. The number of nitrogens with one attached hydrogen (secondary N) is 1. The predicted octanol–water partition coefficient (Wildman–Crippen LogP) is 1.72. The van der Waals surface area contributed by atoms with Crippen molar-refractivity contribution in [2.75, 3.05) is 13.7 Å². The SMILES string of the molecule is COCCCC(NC(=O)C(C(F)(F)F)C(F)(F)F)C(=O)O. The third-order valence-electron chi connectivity index (χ3n) is 2.37. The Kier molecular flexibility index (Phi) is 6.94. The Morgan fingerprint density at radius 2 is 1.62 bits per heavy atom. The lowest BCUT2D eigenvalue weighted by Crippen LogP contribution is -2.52. The molecule has 0 saturated heterocycles.